The van der Waals surface area contributed by atoms with Crippen LogP contribution in [0.25, 0.3) is 0 Å². The molecule has 0 bridgehead atoms. The molecule has 0 radical (unpaired) electrons. The number of nitriles is 1. The maximum atomic E-state index is 12.2. The van der Waals surface area contributed by atoms with Crippen LogP contribution in [0.15, 0.2) is 23.3 Å². The predicted molar refractivity (Wildman–Crippen MR) is 45.0 cm³/mol. The molecule has 0 heterocycles. The first-order valence-corrected chi connectivity index (χ1v) is 3.78. The molecule has 1 rings (SSSR count). The van der Waals surface area contributed by atoms with Crippen LogP contribution in [0, 0.1) is 11.3 Å². The lowest BCUT2D eigenvalue weighted by molar-refractivity contribution is -0.0889. The van der Waals surface area contributed by atoms with Crippen LogP contribution in [0.4, 0.5) is 13.2 Å². The molecule has 0 N–H and O–H groups in total. The minimum Gasteiger partial charge on any atom is -0.192 e. The van der Waals surface area contributed by atoms with Crippen LogP contribution in [0.1, 0.15) is 6.42 Å². The van der Waals surface area contributed by atoms with E-state index < -0.39 is 11.7 Å². The van der Waals surface area contributed by atoms with Crippen LogP contribution in [0.5, 0.6) is 0 Å². The third-order valence-electron chi connectivity index (χ3n) is 1.53. The van der Waals surface area contributed by atoms with Gasteiger partial charge in [0.25, 0.3) is 0 Å². The summed E-state index contributed by atoms with van der Waals surface area (Å²) in [5.74, 6) is 0. The van der Waals surface area contributed by atoms with Gasteiger partial charge in [-0.1, -0.05) is 18.3 Å². The van der Waals surface area contributed by atoms with Crippen molar-refractivity contribution in [3.63, 3.8) is 0 Å². The first kappa shape index (κ1) is 9.93. The lowest BCUT2D eigenvalue weighted by Crippen LogP contribution is -2.17. The standard InChI is InChI=1S/C8H4F3NS/c9-8(10,11)7-3-6(13)2-1-5(7)4-12/h1,3H,2H2. The van der Waals surface area contributed by atoms with E-state index in [-0.39, 0.29) is 16.9 Å². The Morgan fingerprint density at radius 1 is 1.46 bits per heavy atom. The molecule has 0 spiro atoms. The molecule has 0 atom stereocenters. The number of hydrogen-bond acceptors (Lipinski definition) is 2. The minimum atomic E-state index is -4.49. The van der Waals surface area contributed by atoms with Crippen LogP contribution < -0.4 is 0 Å². The van der Waals surface area contributed by atoms with Crippen LogP contribution in [0.2, 0.25) is 0 Å². The molecule has 0 unspecified atom stereocenters. The molecule has 0 aliphatic heterocycles. The lowest BCUT2D eigenvalue weighted by atomic mass is 9.98. The Morgan fingerprint density at radius 2 is 2.08 bits per heavy atom. The van der Waals surface area contributed by atoms with Crippen molar-refractivity contribution >= 4 is 17.1 Å². The molecule has 0 fully saturated rings. The topological polar surface area (TPSA) is 23.8 Å². The highest BCUT2D eigenvalue weighted by molar-refractivity contribution is 7.80. The van der Waals surface area contributed by atoms with Crippen molar-refractivity contribution < 1.29 is 13.2 Å². The first-order chi connectivity index (χ1) is 5.95. The average molecular weight is 203 g/mol. The van der Waals surface area contributed by atoms with E-state index >= 15 is 0 Å². The van der Waals surface area contributed by atoms with Crippen LogP contribution in [-0.2, 0) is 0 Å². The highest BCUT2D eigenvalue weighted by Gasteiger charge is 2.37. The number of rotatable bonds is 0. The number of nitrogens with zero attached hydrogens (tertiary/aromatic N) is 1. The highest BCUT2D eigenvalue weighted by atomic mass is 32.1. The molecule has 0 aromatic heterocycles. The van der Waals surface area contributed by atoms with Crippen molar-refractivity contribution in [2.24, 2.45) is 0 Å². The molecule has 13 heavy (non-hydrogen) atoms. The molecule has 0 amide bonds. The fourth-order valence-electron chi connectivity index (χ4n) is 0.951. The summed E-state index contributed by atoms with van der Waals surface area (Å²) in [7, 11) is 0. The summed E-state index contributed by atoms with van der Waals surface area (Å²) in [6.45, 7) is 0. The van der Waals surface area contributed by atoms with E-state index in [1.54, 1.807) is 0 Å². The third-order valence-corrected chi connectivity index (χ3v) is 1.81. The number of thiocarbonyl (C=S) groups is 1. The van der Waals surface area contributed by atoms with Crippen molar-refractivity contribution in [3.8, 4) is 6.07 Å². The Labute approximate surface area is 78.2 Å². The van der Waals surface area contributed by atoms with Crippen molar-refractivity contribution in [3.05, 3.63) is 23.3 Å². The van der Waals surface area contributed by atoms with Gasteiger partial charge in [-0.3, -0.25) is 0 Å². The molecule has 68 valence electrons. The lowest BCUT2D eigenvalue weighted by Gasteiger charge is -2.14. The summed E-state index contributed by atoms with van der Waals surface area (Å²) in [5, 5.41) is 8.41. The molecule has 0 aromatic rings. The minimum absolute atomic E-state index is 0.200. The second kappa shape index (κ2) is 3.30. The van der Waals surface area contributed by atoms with E-state index in [0.717, 1.165) is 6.08 Å². The Hall–Kier alpha value is -1.15. The van der Waals surface area contributed by atoms with Crippen LogP contribution in [0.3, 0.4) is 0 Å². The zero-order valence-electron chi connectivity index (χ0n) is 6.35. The molecular weight excluding hydrogens is 199 g/mol. The Kier molecular flexibility index (Phi) is 2.52. The summed E-state index contributed by atoms with van der Waals surface area (Å²) in [6, 6.07) is 1.49. The van der Waals surface area contributed by atoms with E-state index in [1.165, 1.54) is 12.1 Å². The van der Waals surface area contributed by atoms with Crippen molar-refractivity contribution in [1.29, 1.82) is 5.26 Å². The van der Waals surface area contributed by atoms with Gasteiger partial charge in [-0.05, 0) is 6.08 Å². The Bertz CT molecular complexity index is 343. The maximum Gasteiger partial charge on any atom is 0.417 e. The van der Waals surface area contributed by atoms with Gasteiger partial charge in [0.2, 0.25) is 0 Å². The highest BCUT2D eigenvalue weighted by Crippen LogP contribution is 2.33. The molecule has 1 aliphatic rings. The van der Waals surface area contributed by atoms with Gasteiger partial charge in [0.05, 0.1) is 17.2 Å². The molecular formula is C8H4F3NS. The smallest absolute Gasteiger partial charge is 0.192 e. The normalized spacial score (nSPS) is 17.5. The van der Waals surface area contributed by atoms with Crippen molar-refractivity contribution in [2.75, 3.05) is 0 Å². The SMILES string of the molecule is N#CC1=CCC(=S)C=C1C(F)(F)F. The van der Waals surface area contributed by atoms with Crippen LogP contribution in [-0.4, -0.2) is 11.0 Å². The fourth-order valence-corrected chi connectivity index (χ4v) is 1.15. The van der Waals surface area contributed by atoms with Gasteiger partial charge in [-0.15, -0.1) is 0 Å². The molecule has 0 aromatic carbocycles. The van der Waals surface area contributed by atoms with Gasteiger partial charge in [0, 0.05) is 11.3 Å². The first-order valence-electron chi connectivity index (χ1n) is 3.37. The summed E-state index contributed by atoms with van der Waals surface area (Å²) in [5.41, 5.74) is -1.28. The van der Waals surface area contributed by atoms with Gasteiger partial charge in [-0.2, -0.15) is 18.4 Å². The van der Waals surface area contributed by atoms with Gasteiger partial charge < -0.3 is 0 Å². The summed E-state index contributed by atoms with van der Waals surface area (Å²) in [6.07, 6.45) is -2.22. The van der Waals surface area contributed by atoms with Gasteiger partial charge in [0.15, 0.2) is 0 Å². The predicted octanol–water partition coefficient (Wildman–Crippen LogP) is 2.70. The van der Waals surface area contributed by atoms with Crippen LogP contribution >= 0.6 is 12.2 Å². The van der Waals surface area contributed by atoms with Gasteiger partial charge in [-0.25, -0.2) is 0 Å². The zero-order valence-corrected chi connectivity index (χ0v) is 7.17. The zero-order chi connectivity index (χ0) is 10.1. The van der Waals surface area contributed by atoms with Gasteiger partial charge >= 0.3 is 6.18 Å². The number of alkyl halides is 3. The number of hydrogen-bond donors (Lipinski definition) is 0. The molecule has 1 aliphatic carbocycles. The van der Waals surface area contributed by atoms with Crippen molar-refractivity contribution in [1.82, 2.24) is 0 Å². The average Bonchev–Trinajstić information content (AvgIpc) is 2.03. The maximum absolute atomic E-state index is 12.2. The van der Waals surface area contributed by atoms with Gasteiger partial charge in [0.1, 0.15) is 0 Å². The Morgan fingerprint density at radius 3 is 2.54 bits per heavy atom. The monoisotopic (exact) mass is 203 g/mol. The largest absolute Gasteiger partial charge is 0.417 e. The quantitative estimate of drug-likeness (QED) is 0.565. The fraction of sp³-hybridized carbons (Fsp3) is 0.250. The van der Waals surface area contributed by atoms with E-state index in [2.05, 4.69) is 12.2 Å². The summed E-state index contributed by atoms with van der Waals surface area (Å²) < 4.78 is 36.7. The summed E-state index contributed by atoms with van der Waals surface area (Å²) >= 11 is 4.62. The van der Waals surface area contributed by atoms with E-state index in [9.17, 15) is 13.2 Å². The third kappa shape index (κ3) is 2.16. The second-order valence-corrected chi connectivity index (χ2v) is 2.98. The number of allylic oxidation sites excluding steroid dienone is 4. The Balaban J connectivity index is 3.12. The summed E-state index contributed by atoms with van der Waals surface area (Å²) in [4.78, 5) is 0.200. The molecule has 5 heteroatoms. The van der Waals surface area contributed by atoms with E-state index in [1.807, 2.05) is 0 Å². The molecule has 0 saturated heterocycles. The molecule has 0 saturated carbocycles. The van der Waals surface area contributed by atoms with E-state index in [0.29, 0.717) is 0 Å². The van der Waals surface area contributed by atoms with Crippen molar-refractivity contribution in [2.45, 2.75) is 12.6 Å². The molecule has 1 nitrogen and oxygen atoms in total. The second-order valence-electron chi connectivity index (χ2n) is 2.46. The number of halogens is 3. The van der Waals surface area contributed by atoms with E-state index in [4.69, 9.17) is 5.26 Å².